The molecule has 0 aromatic heterocycles. The molecule has 4 aliphatic rings. The predicted octanol–water partition coefficient (Wildman–Crippen LogP) is 4.19. The molecule has 1 aromatic carbocycles. The SMILES string of the molecule is COC1CC=C(C2Nc3ccccc3C(=O)C2CCCN(C)C)CC1COC1C2C=CC(NC(C)=O)=CC21. The maximum absolute atomic E-state index is 13.6. The quantitative estimate of drug-likeness (QED) is 0.451. The van der Waals surface area contributed by atoms with Crippen molar-refractivity contribution in [2.45, 2.75) is 50.9 Å². The Morgan fingerprint density at radius 3 is 2.79 bits per heavy atom. The van der Waals surface area contributed by atoms with Crippen LogP contribution in [0.3, 0.4) is 0 Å². The molecule has 0 radical (unpaired) electrons. The lowest BCUT2D eigenvalue weighted by molar-refractivity contribution is -0.118. The normalized spacial score (nSPS) is 31.6. The molecule has 1 saturated carbocycles. The Bertz CT molecular complexity index is 1140. The van der Waals surface area contributed by atoms with E-state index in [4.69, 9.17) is 9.47 Å². The fourth-order valence-corrected chi connectivity index (χ4v) is 6.40. The van der Waals surface area contributed by atoms with Gasteiger partial charge in [0.2, 0.25) is 5.91 Å². The monoisotopic (exact) mass is 519 g/mol. The molecular weight excluding hydrogens is 478 g/mol. The Morgan fingerprint density at radius 1 is 1.21 bits per heavy atom. The number of allylic oxidation sites excluding steroid dienone is 1. The van der Waals surface area contributed by atoms with E-state index < -0.39 is 0 Å². The molecule has 7 heteroatoms. The van der Waals surface area contributed by atoms with Gasteiger partial charge in [0.05, 0.1) is 24.9 Å². The summed E-state index contributed by atoms with van der Waals surface area (Å²) in [6.45, 7) is 3.11. The van der Waals surface area contributed by atoms with E-state index in [2.05, 4.69) is 47.9 Å². The number of nitrogens with zero attached hydrogens (tertiary/aromatic N) is 1. The van der Waals surface area contributed by atoms with Crippen LogP contribution in [0.2, 0.25) is 0 Å². The van der Waals surface area contributed by atoms with Gasteiger partial charge in [-0.2, -0.15) is 0 Å². The summed E-state index contributed by atoms with van der Waals surface area (Å²) >= 11 is 0. The molecule has 5 rings (SSSR count). The molecule has 2 N–H and O–H groups in total. The number of carbonyl (C=O) groups is 2. The van der Waals surface area contributed by atoms with Crippen LogP contribution < -0.4 is 10.6 Å². The zero-order valence-electron chi connectivity index (χ0n) is 23.0. The average molecular weight is 520 g/mol. The summed E-state index contributed by atoms with van der Waals surface area (Å²) < 4.78 is 12.3. The van der Waals surface area contributed by atoms with Crippen molar-refractivity contribution in [3.63, 3.8) is 0 Å². The van der Waals surface area contributed by atoms with Gasteiger partial charge in [-0.1, -0.05) is 35.9 Å². The fourth-order valence-electron chi connectivity index (χ4n) is 6.40. The van der Waals surface area contributed by atoms with Crippen molar-refractivity contribution >= 4 is 17.4 Å². The number of carbonyl (C=O) groups excluding carboxylic acids is 2. The van der Waals surface area contributed by atoms with Gasteiger partial charge < -0.3 is 25.0 Å². The third kappa shape index (κ3) is 5.80. The molecule has 1 amide bonds. The minimum absolute atomic E-state index is 0.00514. The van der Waals surface area contributed by atoms with Crippen molar-refractivity contribution in [2.75, 3.05) is 39.7 Å². The average Bonchev–Trinajstić information content (AvgIpc) is 3.59. The van der Waals surface area contributed by atoms with Crippen molar-refractivity contribution < 1.29 is 19.1 Å². The van der Waals surface area contributed by atoms with Gasteiger partial charge in [-0.15, -0.1) is 0 Å². The second-order valence-corrected chi connectivity index (χ2v) is 11.5. The number of Topliss-reactive ketones (excluding diaryl/α,β-unsaturated/α-hetero) is 1. The zero-order chi connectivity index (χ0) is 26.8. The lowest BCUT2D eigenvalue weighted by Gasteiger charge is -2.39. The number of fused-ring (bicyclic) bond motifs is 2. The van der Waals surface area contributed by atoms with Crippen LogP contribution in [-0.2, 0) is 14.3 Å². The summed E-state index contributed by atoms with van der Waals surface area (Å²) in [6.07, 6.45) is 12.3. The van der Waals surface area contributed by atoms with Crippen LogP contribution in [0.1, 0.15) is 43.0 Å². The third-order valence-corrected chi connectivity index (χ3v) is 8.46. The summed E-state index contributed by atoms with van der Waals surface area (Å²) in [5, 5.41) is 6.61. The minimum atomic E-state index is -0.0782. The maximum Gasteiger partial charge on any atom is 0.221 e. The summed E-state index contributed by atoms with van der Waals surface area (Å²) in [5.74, 6) is 1.03. The smallest absolute Gasteiger partial charge is 0.221 e. The number of amides is 1. The van der Waals surface area contributed by atoms with Crippen molar-refractivity contribution in [1.82, 2.24) is 10.2 Å². The topological polar surface area (TPSA) is 79.9 Å². The molecule has 7 nitrogen and oxygen atoms in total. The van der Waals surface area contributed by atoms with E-state index in [1.807, 2.05) is 30.3 Å². The van der Waals surface area contributed by atoms with Crippen LogP contribution >= 0.6 is 0 Å². The van der Waals surface area contributed by atoms with Crippen LogP contribution in [0.5, 0.6) is 0 Å². The van der Waals surface area contributed by atoms with E-state index in [-0.39, 0.29) is 41.8 Å². The van der Waals surface area contributed by atoms with Crippen LogP contribution in [0, 0.1) is 23.7 Å². The number of hydrogen-bond acceptors (Lipinski definition) is 6. The van der Waals surface area contributed by atoms with Gasteiger partial charge >= 0.3 is 0 Å². The molecule has 1 aliphatic heterocycles. The molecule has 204 valence electrons. The molecule has 0 saturated heterocycles. The summed E-state index contributed by atoms with van der Waals surface area (Å²) in [5.41, 5.74) is 3.90. The number of anilines is 1. The number of hydrogen-bond donors (Lipinski definition) is 2. The largest absolute Gasteiger partial charge is 0.381 e. The Hall–Kier alpha value is -2.74. The van der Waals surface area contributed by atoms with E-state index in [1.165, 1.54) is 12.5 Å². The van der Waals surface area contributed by atoms with Gasteiger partial charge in [0, 0.05) is 54.7 Å². The number of benzene rings is 1. The van der Waals surface area contributed by atoms with Gasteiger partial charge in [0.25, 0.3) is 0 Å². The molecule has 1 aromatic rings. The third-order valence-electron chi connectivity index (χ3n) is 8.46. The van der Waals surface area contributed by atoms with Crippen LogP contribution in [0.15, 0.2) is 59.8 Å². The summed E-state index contributed by atoms with van der Waals surface area (Å²) in [7, 11) is 5.94. The lowest BCUT2D eigenvalue weighted by Crippen LogP contribution is -2.43. The highest BCUT2D eigenvalue weighted by atomic mass is 16.5. The van der Waals surface area contributed by atoms with Crippen LogP contribution in [0.25, 0.3) is 0 Å². The summed E-state index contributed by atoms with van der Waals surface area (Å²) in [6, 6.07) is 7.90. The standard InChI is InChI=1S/C31H41N3O4/c1-19(35)32-22-12-13-23-26(17-22)31(23)38-18-21-16-20(11-14-28(21)37-4)29-25(9-7-15-34(2)3)30(36)24-8-5-6-10-27(24)33-29/h5-6,8,10-13,17,21,23,25-26,28-29,31,33H,7,9,14-16,18H2,1-4H3,(H,32,35). The van der Waals surface area contributed by atoms with Gasteiger partial charge in [0.1, 0.15) is 0 Å². The molecular formula is C31H41N3O4. The number of para-hydroxylation sites is 1. The molecule has 3 aliphatic carbocycles. The minimum Gasteiger partial charge on any atom is -0.381 e. The number of nitrogens with one attached hydrogen (secondary N) is 2. The van der Waals surface area contributed by atoms with Crippen molar-refractivity contribution in [3.05, 3.63) is 65.4 Å². The number of methoxy groups -OCH3 is 1. The lowest BCUT2D eigenvalue weighted by atomic mass is 9.74. The number of ketones is 1. The molecule has 1 fully saturated rings. The van der Waals surface area contributed by atoms with E-state index in [0.717, 1.165) is 49.2 Å². The maximum atomic E-state index is 13.6. The van der Waals surface area contributed by atoms with E-state index in [9.17, 15) is 9.59 Å². The highest BCUT2D eigenvalue weighted by Crippen LogP contribution is 2.47. The Kier molecular flexibility index (Phi) is 8.17. The van der Waals surface area contributed by atoms with E-state index in [1.54, 1.807) is 7.11 Å². The second kappa shape index (κ2) is 11.6. The van der Waals surface area contributed by atoms with Crippen LogP contribution in [-0.4, -0.2) is 69.2 Å². The molecule has 38 heavy (non-hydrogen) atoms. The second-order valence-electron chi connectivity index (χ2n) is 11.5. The van der Waals surface area contributed by atoms with Gasteiger partial charge in [-0.25, -0.2) is 0 Å². The first-order chi connectivity index (χ1) is 18.4. The molecule has 7 unspecified atom stereocenters. The molecule has 7 atom stereocenters. The molecule has 0 bridgehead atoms. The Labute approximate surface area is 226 Å². The van der Waals surface area contributed by atoms with E-state index >= 15 is 0 Å². The predicted molar refractivity (Wildman–Crippen MR) is 149 cm³/mol. The highest BCUT2D eigenvalue weighted by Gasteiger charge is 2.50. The molecule has 1 heterocycles. The van der Waals surface area contributed by atoms with Crippen molar-refractivity contribution in [1.29, 1.82) is 0 Å². The summed E-state index contributed by atoms with van der Waals surface area (Å²) in [4.78, 5) is 27.2. The molecule has 0 spiro atoms. The zero-order valence-corrected chi connectivity index (χ0v) is 23.0. The van der Waals surface area contributed by atoms with Gasteiger partial charge in [0.15, 0.2) is 5.78 Å². The number of rotatable bonds is 10. The number of ether oxygens (including phenoxy) is 2. The van der Waals surface area contributed by atoms with Crippen LogP contribution in [0.4, 0.5) is 5.69 Å². The van der Waals surface area contributed by atoms with Gasteiger partial charge in [-0.3, -0.25) is 9.59 Å². The first kappa shape index (κ1) is 26.9. The van der Waals surface area contributed by atoms with Gasteiger partial charge in [-0.05, 0) is 64.5 Å². The highest BCUT2D eigenvalue weighted by molar-refractivity contribution is 6.05. The fraction of sp³-hybridized carbons (Fsp3) is 0.548. The Morgan fingerprint density at radius 2 is 2.03 bits per heavy atom. The Balaban J connectivity index is 1.27. The van der Waals surface area contributed by atoms with Crippen molar-refractivity contribution in [2.24, 2.45) is 23.7 Å². The van der Waals surface area contributed by atoms with E-state index in [0.29, 0.717) is 18.4 Å². The van der Waals surface area contributed by atoms with Crippen molar-refractivity contribution in [3.8, 4) is 0 Å². The first-order valence-electron chi connectivity index (χ1n) is 13.9. The first-order valence-corrected chi connectivity index (χ1v) is 13.9.